The van der Waals surface area contributed by atoms with E-state index in [9.17, 15) is 4.79 Å². The molecule has 1 aliphatic carbocycles. The lowest BCUT2D eigenvalue weighted by Crippen LogP contribution is -2.11. The van der Waals surface area contributed by atoms with E-state index in [0.29, 0.717) is 0 Å². The lowest BCUT2D eigenvalue weighted by molar-refractivity contribution is -0.111. The van der Waals surface area contributed by atoms with Crippen molar-refractivity contribution in [2.24, 2.45) is 0 Å². The zero-order chi connectivity index (χ0) is 7.56. The molecule has 0 amide bonds. The molecule has 0 aliphatic heterocycles. The molecule has 0 fully saturated rings. The van der Waals surface area contributed by atoms with Crippen LogP contribution in [-0.2, 0) is 9.53 Å². The van der Waals surface area contributed by atoms with Crippen molar-refractivity contribution in [1.29, 1.82) is 0 Å². The van der Waals surface area contributed by atoms with Crippen LogP contribution in [0.3, 0.4) is 0 Å². The maximum Gasteiger partial charge on any atom is 0.181 e. The molecule has 1 aliphatic rings. The van der Waals surface area contributed by atoms with Crippen molar-refractivity contribution < 1.29 is 9.53 Å². The summed E-state index contributed by atoms with van der Waals surface area (Å²) in [6.07, 6.45) is 5.08. The summed E-state index contributed by atoms with van der Waals surface area (Å²) in [5.41, 5.74) is 0.759. The summed E-state index contributed by atoms with van der Waals surface area (Å²) in [5.74, 6) is 0.0771. The topological polar surface area (TPSA) is 26.3 Å². The second kappa shape index (κ2) is 2.80. The van der Waals surface area contributed by atoms with Crippen LogP contribution in [-0.4, -0.2) is 19.0 Å². The van der Waals surface area contributed by atoms with Crippen LogP contribution in [0.1, 0.15) is 6.92 Å². The Bertz CT molecular complexity index is 201. The Kier molecular flexibility index (Phi) is 2.02. The van der Waals surface area contributed by atoms with Gasteiger partial charge in [-0.1, -0.05) is 0 Å². The average molecular weight is 138 g/mol. The molecule has 0 saturated heterocycles. The van der Waals surface area contributed by atoms with Crippen LogP contribution in [0.2, 0.25) is 0 Å². The molecule has 1 unspecified atom stereocenters. The quantitative estimate of drug-likeness (QED) is 0.542. The summed E-state index contributed by atoms with van der Waals surface area (Å²) in [5, 5.41) is 0. The Morgan fingerprint density at radius 2 is 2.30 bits per heavy atom. The van der Waals surface area contributed by atoms with E-state index in [-0.39, 0.29) is 11.9 Å². The highest BCUT2D eigenvalue weighted by Gasteiger charge is 2.09. The van der Waals surface area contributed by atoms with Crippen molar-refractivity contribution in [3.63, 3.8) is 0 Å². The molecule has 0 bridgehead atoms. The molecule has 0 spiro atoms. The zero-order valence-electron chi connectivity index (χ0n) is 6.13. The molecule has 0 heterocycles. The first-order chi connectivity index (χ1) is 4.74. The Morgan fingerprint density at radius 1 is 1.60 bits per heavy atom. The van der Waals surface area contributed by atoms with Crippen LogP contribution < -0.4 is 0 Å². The molecule has 0 radical (unpaired) electrons. The van der Waals surface area contributed by atoms with Crippen molar-refractivity contribution in [3.05, 3.63) is 23.8 Å². The van der Waals surface area contributed by atoms with Gasteiger partial charge in [0.2, 0.25) is 0 Å². The van der Waals surface area contributed by atoms with Gasteiger partial charge in [0.25, 0.3) is 0 Å². The van der Waals surface area contributed by atoms with Gasteiger partial charge in [0.15, 0.2) is 5.78 Å². The molecule has 1 rings (SSSR count). The predicted molar refractivity (Wildman–Crippen MR) is 38.7 cm³/mol. The minimum absolute atomic E-state index is 0.0160. The number of methoxy groups -OCH3 is 1. The van der Waals surface area contributed by atoms with Crippen LogP contribution in [0.15, 0.2) is 23.8 Å². The fraction of sp³-hybridized carbons (Fsp3) is 0.375. The Labute approximate surface area is 60.2 Å². The number of allylic oxidation sites excluding steroid dienone is 2. The van der Waals surface area contributed by atoms with Crippen LogP contribution in [0.5, 0.6) is 0 Å². The van der Waals surface area contributed by atoms with E-state index in [2.05, 4.69) is 0 Å². The van der Waals surface area contributed by atoms with Crippen molar-refractivity contribution >= 4 is 5.78 Å². The van der Waals surface area contributed by atoms with Crippen LogP contribution in [0, 0.1) is 0 Å². The first-order valence-corrected chi connectivity index (χ1v) is 3.18. The average Bonchev–Trinajstić information content (AvgIpc) is 1.95. The number of rotatable bonds is 1. The SMILES string of the molecule is COC1C=CC(=O)C(C)=C1. The molecular weight excluding hydrogens is 128 g/mol. The minimum atomic E-state index is -0.0160. The molecule has 1 atom stereocenters. The highest BCUT2D eigenvalue weighted by Crippen LogP contribution is 2.08. The van der Waals surface area contributed by atoms with E-state index >= 15 is 0 Å². The number of ether oxygens (including phenoxy) is 1. The second-order valence-electron chi connectivity index (χ2n) is 2.27. The standard InChI is InChI=1S/C8H10O2/c1-6-5-7(10-2)3-4-8(6)9/h3-5,7H,1-2H3. The molecule has 0 aromatic carbocycles. The van der Waals surface area contributed by atoms with Gasteiger partial charge in [-0.25, -0.2) is 0 Å². The first kappa shape index (κ1) is 7.22. The molecule has 0 aromatic rings. The van der Waals surface area contributed by atoms with E-state index in [1.807, 2.05) is 6.08 Å². The number of carbonyl (C=O) groups is 1. The van der Waals surface area contributed by atoms with Gasteiger partial charge in [-0.05, 0) is 30.7 Å². The van der Waals surface area contributed by atoms with Crippen molar-refractivity contribution in [1.82, 2.24) is 0 Å². The monoisotopic (exact) mass is 138 g/mol. The van der Waals surface area contributed by atoms with Gasteiger partial charge in [0, 0.05) is 7.11 Å². The third kappa shape index (κ3) is 1.33. The van der Waals surface area contributed by atoms with Gasteiger partial charge in [-0.2, -0.15) is 0 Å². The largest absolute Gasteiger partial charge is 0.373 e. The van der Waals surface area contributed by atoms with Gasteiger partial charge in [-0.15, -0.1) is 0 Å². The summed E-state index contributed by atoms with van der Waals surface area (Å²) < 4.78 is 4.99. The van der Waals surface area contributed by atoms with Crippen LogP contribution in [0.25, 0.3) is 0 Å². The minimum Gasteiger partial charge on any atom is -0.373 e. The number of ketones is 1. The van der Waals surface area contributed by atoms with Crippen molar-refractivity contribution in [2.45, 2.75) is 13.0 Å². The third-order valence-electron chi connectivity index (χ3n) is 1.51. The molecule has 2 nitrogen and oxygen atoms in total. The van der Waals surface area contributed by atoms with Gasteiger partial charge in [-0.3, -0.25) is 4.79 Å². The lowest BCUT2D eigenvalue weighted by Gasteiger charge is -2.10. The van der Waals surface area contributed by atoms with Gasteiger partial charge < -0.3 is 4.74 Å². The molecule has 2 heteroatoms. The first-order valence-electron chi connectivity index (χ1n) is 3.18. The maximum absolute atomic E-state index is 10.8. The molecular formula is C8H10O2. The normalized spacial score (nSPS) is 24.8. The highest BCUT2D eigenvalue weighted by molar-refractivity contribution is 6.04. The van der Waals surface area contributed by atoms with Crippen LogP contribution in [0.4, 0.5) is 0 Å². The molecule has 0 aromatic heterocycles. The van der Waals surface area contributed by atoms with Gasteiger partial charge >= 0.3 is 0 Å². The second-order valence-corrected chi connectivity index (χ2v) is 2.27. The molecule has 10 heavy (non-hydrogen) atoms. The number of carbonyl (C=O) groups excluding carboxylic acids is 1. The summed E-state index contributed by atoms with van der Waals surface area (Å²) in [7, 11) is 1.62. The van der Waals surface area contributed by atoms with Crippen molar-refractivity contribution in [2.75, 3.05) is 7.11 Å². The Morgan fingerprint density at radius 3 is 2.80 bits per heavy atom. The van der Waals surface area contributed by atoms with E-state index in [1.54, 1.807) is 26.2 Å². The van der Waals surface area contributed by atoms with Gasteiger partial charge in [0.1, 0.15) is 0 Å². The number of hydrogen-bond acceptors (Lipinski definition) is 2. The highest BCUT2D eigenvalue weighted by atomic mass is 16.5. The molecule has 0 saturated carbocycles. The summed E-state index contributed by atoms with van der Waals surface area (Å²) in [4.78, 5) is 10.8. The predicted octanol–water partition coefficient (Wildman–Crippen LogP) is 1.09. The summed E-state index contributed by atoms with van der Waals surface area (Å²) in [6.45, 7) is 1.79. The molecule has 0 N–H and O–H groups in total. The van der Waals surface area contributed by atoms with E-state index in [0.717, 1.165) is 5.57 Å². The fourth-order valence-electron chi connectivity index (χ4n) is 0.844. The van der Waals surface area contributed by atoms with E-state index < -0.39 is 0 Å². The van der Waals surface area contributed by atoms with Crippen LogP contribution >= 0.6 is 0 Å². The molecule has 54 valence electrons. The van der Waals surface area contributed by atoms with Gasteiger partial charge in [0.05, 0.1) is 6.10 Å². The summed E-state index contributed by atoms with van der Waals surface area (Å²) in [6, 6.07) is 0. The fourth-order valence-corrected chi connectivity index (χ4v) is 0.844. The maximum atomic E-state index is 10.8. The Balaban J connectivity index is 2.74. The Hall–Kier alpha value is -0.890. The smallest absolute Gasteiger partial charge is 0.181 e. The third-order valence-corrected chi connectivity index (χ3v) is 1.51. The summed E-state index contributed by atoms with van der Waals surface area (Å²) >= 11 is 0. The number of hydrogen-bond donors (Lipinski definition) is 0. The van der Waals surface area contributed by atoms with E-state index in [1.165, 1.54) is 0 Å². The van der Waals surface area contributed by atoms with E-state index in [4.69, 9.17) is 4.74 Å². The van der Waals surface area contributed by atoms with Crippen molar-refractivity contribution in [3.8, 4) is 0 Å². The zero-order valence-corrected chi connectivity index (χ0v) is 6.13. The lowest BCUT2D eigenvalue weighted by atomic mass is 10.1.